The van der Waals surface area contributed by atoms with Crippen molar-refractivity contribution in [1.29, 1.82) is 0 Å². The first-order chi connectivity index (χ1) is 18.9. The van der Waals surface area contributed by atoms with Crippen molar-refractivity contribution in [1.82, 2.24) is 29.3 Å². The molecule has 6 rings (SSSR count). The molecule has 0 radical (unpaired) electrons. The number of rotatable bonds is 9. The molecule has 39 heavy (non-hydrogen) atoms. The van der Waals surface area contributed by atoms with Crippen LogP contribution in [-0.4, -0.2) is 74.4 Å². The summed E-state index contributed by atoms with van der Waals surface area (Å²) in [4.78, 5) is 34.3. The molecule has 4 aromatic rings. The number of amides is 2. The number of thiazole rings is 1. The summed E-state index contributed by atoms with van der Waals surface area (Å²) in [5.74, 6) is -0.351. The predicted octanol–water partition coefficient (Wildman–Crippen LogP) is 3.68. The highest BCUT2D eigenvalue weighted by molar-refractivity contribution is 7.21. The summed E-state index contributed by atoms with van der Waals surface area (Å²) in [5.41, 5.74) is 3.65. The van der Waals surface area contributed by atoms with Crippen molar-refractivity contribution in [2.75, 3.05) is 44.0 Å². The molecule has 11 nitrogen and oxygen atoms in total. The highest BCUT2D eigenvalue weighted by atomic mass is 32.1. The van der Waals surface area contributed by atoms with Gasteiger partial charge in [-0.15, -0.1) is 11.3 Å². The van der Waals surface area contributed by atoms with Crippen molar-refractivity contribution < 1.29 is 14.3 Å². The number of carbonyl (C=O) groups excluding carboxylic acids is 2. The molecule has 1 aliphatic heterocycles. The van der Waals surface area contributed by atoms with E-state index in [1.807, 2.05) is 24.0 Å². The number of nitrogens with zero attached hydrogens (tertiary/aromatic N) is 6. The number of methoxy groups -OCH3 is 1. The van der Waals surface area contributed by atoms with Crippen LogP contribution in [0, 0.1) is 12.3 Å². The monoisotopic (exact) mass is 548 g/mol. The smallest absolute Gasteiger partial charge is 0.260 e. The molecule has 0 atom stereocenters. The number of hydrogen-bond acceptors (Lipinski definition) is 8. The van der Waals surface area contributed by atoms with Crippen LogP contribution in [0.2, 0.25) is 0 Å². The maximum Gasteiger partial charge on any atom is 0.260 e. The number of anilines is 2. The third kappa shape index (κ3) is 5.58. The largest absolute Gasteiger partial charge is 0.383 e. The number of nitrogens with one attached hydrogen (secondary N) is 2. The Morgan fingerprint density at radius 3 is 2.82 bits per heavy atom. The van der Waals surface area contributed by atoms with E-state index >= 15 is 0 Å². The lowest BCUT2D eigenvalue weighted by atomic mass is 9.95. The Balaban J connectivity index is 1.12. The van der Waals surface area contributed by atoms with E-state index in [0.29, 0.717) is 47.7 Å². The second-order valence-electron chi connectivity index (χ2n) is 10.6. The lowest BCUT2D eigenvalue weighted by Crippen LogP contribution is -2.41. The van der Waals surface area contributed by atoms with Crippen LogP contribution in [0.4, 0.5) is 11.4 Å². The van der Waals surface area contributed by atoms with Gasteiger partial charge in [0.25, 0.3) is 5.91 Å². The van der Waals surface area contributed by atoms with E-state index < -0.39 is 0 Å². The minimum Gasteiger partial charge on any atom is -0.383 e. The first-order valence-electron chi connectivity index (χ1n) is 13.2. The Morgan fingerprint density at radius 1 is 1.13 bits per heavy atom. The zero-order valence-corrected chi connectivity index (χ0v) is 23.0. The van der Waals surface area contributed by atoms with Crippen LogP contribution in [0.1, 0.15) is 41.7 Å². The Labute approximate surface area is 230 Å². The van der Waals surface area contributed by atoms with Crippen molar-refractivity contribution in [3.05, 3.63) is 48.3 Å². The van der Waals surface area contributed by atoms with Gasteiger partial charge in [-0.05, 0) is 50.6 Å². The highest BCUT2D eigenvalue weighted by Crippen LogP contribution is 2.51. The fraction of sp³-hybridized carbons (Fsp3) is 0.444. The van der Waals surface area contributed by atoms with E-state index in [4.69, 9.17) is 4.74 Å². The quantitative estimate of drug-likeness (QED) is 0.328. The summed E-state index contributed by atoms with van der Waals surface area (Å²) in [7, 11) is 1.66. The molecule has 204 valence electrons. The highest BCUT2D eigenvalue weighted by Gasteiger charge is 2.45. The van der Waals surface area contributed by atoms with Crippen LogP contribution in [0.5, 0.6) is 0 Å². The second kappa shape index (κ2) is 10.5. The summed E-state index contributed by atoms with van der Waals surface area (Å²) in [6.07, 6.45) is 13.8. The summed E-state index contributed by atoms with van der Waals surface area (Å²) in [6.45, 7) is 5.41. The summed E-state index contributed by atoms with van der Waals surface area (Å²) >= 11 is 1.47. The minimum absolute atomic E-state index is 0.0642. The van der Waals surface area contributed by atoms with E-state index in [9.17, 15) is 9.59 Å². The van der Waals surface area contributed by atoms with Crippen LogP contribution in [-0.2, 0) is 16.1 Å². The summed E-state index contributed by atoms with van der Waals surface area (Å²) in [5, 5.41) is 14.7. The SMILES string of the molecule is COCCn1cc(-c2cn3ncc(C(=O)Nc4cc(NC(=O)CN5CCCC6(CC6)C5)cnc4C)c3s2)cn1. The molecule has 4 aromatic heterocycles. The number of pyridine rings is 1. The van der Waals surface area contributed by atoms with Crippen molar-refractivity contribution in [3.63, 3.8) is 0 Å². The van der Waals surface area contributed by atoms with E-state index in [0.717, 1.165) is 34.8 Å². The Bertz CT molecular complexity index is 1520. The van der Waals surface area contributed by atoms with Gasteiger partial charge in [0, 0.05) is 31.6 Å². The van der Waals surface area contributed by atoms with Gasteiger partial charge >= 0.3 is 0 Å². The number of carbonyl (C=O) groups is 2. The van der Waals surface area contributed by atoms with Gasteiger partial charge in [0.1, 0.15) is 4.83 Å². The molecule has 1 aliphatic carbocycles. The van der Waals surface area contributed by atoms with Gasteiger partial charge < -0.3 is 15.4 Å². The van der Waals surface area contributed by atoms with Crippen LogP contribution in [0.15, 0.2) is 37.1 Å². The summed E-state index contributed by atoms with van der Waals surface area (Å²) in [6, 6.07) is 1.76. The van der Waals surface area contributed by atoms with Gasteiger partial charge in [0.2, 0.25) is 5.91 Å². The van der Waals surface area contributed by atoms with Gasteiger partial charge in [-0.25, -0.2) is 4.52 Å². The van der Waals surface area contributed by atoms with E-state index in [1.165, 1.54) is 30.6 Å². The Morgan fingerprint density at radius 2 is 2.00 bits per heavy atom. The summed E-state index contributed by atoms with van der Waals surface area (Å²) < 4.78 is 8.65. The lowest BCUT2D eigenvalue weighted by Gasteiger charge is -2.32. The molecule has 0 bridgehead atoms. The predicted molar refractivity (Wildman–Crippen MR) is 149 cm³/mol. The molecular formula is C27H32N8O3S. The molecular weight excluding hydrogens is 516 g/mol. The van der Waals surface area contributed by atoms with Crippen molar-refractivity contribution in [3.8, 4) is 10.4 Å². The Kier molecular flexibility index (Phi) is 6.92. The zero-order chi connectivity index (χ0) is 27.0. The zero-order valence-electron chi connectivity index (χ0n) is 22.1. The topological polar surface area (TPSA) is 119 Å². The molecule has 1 saturated carbocycles. The number of hydrogen-bond donors (Lipinski definition) is 2. The number of piperidine rings is 1. The molecule has 2 fully saturated rings. The molecule has 12 heteroatoms. The lowest BCUT2D eigenvalue weighted by molar-refractivity contribution is -0.117. The van der Waals surface area contributed by atoms with E-state index in [-0.39, 0.29) is 11.8 Å². The number of aryl methyl sites for hydroxylation is 1. The van der Waals surface area contributed by atoms with Crippen molar-refractivity contribution >= 4 is 39.4 Å². The first-order valence-corrected chi connectivity index (χ1v) is 14.0. The molecule has 0 unspecified atom stereocenters. The van der Waals surface area contributed by atoms with Gasteiger partial charge in [0.05, 0.1) is 65.8 Å². The van der Waals surface area contributed by atoms with Gasteiger partial charge in [-0.2, -0.15) is 10.2 Å². The maximum atomic E-state index is 13.3. The van der Waals surface area contributed by atoms with Gasteiger partial charge in [-0.3, -0.25) is 24.2 Å². The van der Waals surface area contributed by atoms with E-state index in [2.05, 4.69) is 30.7 Å². The number of aromatic nitrogens is 5. The number of fused-ring (bicyclic) bond motifs is 1. The molecule has 0 aromatic carbocycles. The van der Waals surface area contributed by atoms with Crippen LogP contribution < -0.4 is 10.6 Å². The average molecular weight is 549 g/mol. The Hall–Kier alpha value is -3.61. The molecule has 2 N–H and O–H groups in total. The first kappa shape index (κ1) is 25.7. The van der Waals surface area contributed by atoms with Gasteiger partial charge in [-0.1, -0.05) is 0 Å². The minimum atomic E-state index is -0.286. The fourth-order valence-corrected chi connectivity index (χ4v) is 6.26. The second-order valence-corrected chi connectivity index (χ2v) is 11.6. The normalized spacial score (nSPS) is 16.6. The fourth-order valence-electron chi connectivity index (χ4n) is 5.22. The third-order valence-electron chi connectivity index (χ3n) is 7.57. The van der Waals surface area contributed by atoms with Gasteiger partial charge in [0.15, 0.2) is 0 Å². The van der Waals surface area contributed by atoms with Crippen LogP contribution in [0.3, 0.4) is 0 Å². The molecule has 2 aliphatic rings. The number of likely N-dealkylation sites (tertiary alicyclic amines) is 1. The number of ether oxygens (including phenoxy) is 1. The average Bonchev–Trinajstić information content (AvgIpc) is 3.27. The van der Waals surface area contributed by atoms with Crippen LogP contribution in [0.25, 0.3) is 15.3 Å². The maximum absolute atomic E-state index is 13.3. The third-order valence-corrected chi connectivity index (χ3v) is 8.73. The van der Waals surface area contributed by atoms with E-state index in [1.54, 1.807) is 36.3 Å². The molecule has 1 saturated heterocycles. The molecule has 5 heterocycles. The van der Waals surface area contributed by atoms with Crippen molar-refractivity contribution in [2.24, 2.45) is 5.41 Å². The molecule has 1 spiro atoms. The van der Waals surface area contributed by atoms with Crippen LogP contribution >= 0.6 is 11.3 Å². The standard InChI is InChI=1S/C27H32N8O3S/c1-18-22(10-20(12-28-18)31-24(36)16-33-7-3-4-27(17-33)5-6-27)32-25(37)21-13-30-35-15-23(39-26(21)35)19-11-29-34(14-19)8-9-38-2/h10-15H,3-9,16-17H2,1-2H3,(H,31,36)(H,32,37). The van der Waals surface area contributed by atoms with Crippen molar-refractivity contribution in [2.45, 2.75) is 39.2 Å². The molecule has 2 amide bonds.